The molecule has 0 spiro atoms. The molecule has 0 N–H and O–H groups in total. The van der Waals surface area contributed by atoms with Crippen LogP contribution in [0.3, 0.4) is 0 Å². The van der Waals surface area contributed by atoms with E-state index in [0.717, 1.165) is 10.9 Å². The summed E-state index contributed by atoms with van der Waals surface area (Å²) in [4.78, 5) is 10.9. The number of hydrogen-bond donors (Lipinski definition) is 0. The van der Waals surface area contributed by atoms with Crippen LogP contribution < -0.4 is 9.47 Å². The summed E-state index contributed by atoms with van der Waals surface area (Å²) in [6.45, 7) is 2.00. The summed E-state index contributed by atoms with van der Waals surface area (Å²) in [7, 11) is 0. The summed E-state index contributed by atoms with van der Waals surface area (Å²) >= 11 is 0. The van der Waals surface area contributed by atoms with Gasteiger partial charge in [-0.15, -0.1) is 0 Å². The van der Waals surface area contributed by atoms with Crippen LogP contribution in [0.5, 0.6) is 11.5 Å². The van der Waals surface area contributed by atoms with E-state index in [2.05, 4.69) is 5.10 Å². The molecule has 2 heterocycles. The molecule has 0 amide bonds. The zero-order valence-corrected chi connectivity index (χ0v) is 13.4. The van der Waals surface area contributed by atoms with Crippen molar-refractivity contribution in [2.45, 2.75) is 19.8 Å². The second-order valence-electron chi connectivity index (χ2n) is 5.69. The summed E-state index contributed by atoms with van der Waals surface area (Å²) in [6, 6.07) is 10.7. The van der Waals surface area contributed by atoms with E-state index in [9.17, 15) is 10.1 Å². The molecule has 1 atom stereocenters. The molecule has 128 valence electrons. The Hall–Kier alpha value is -3.13. The number of nitro benzene ring substituents is 1. The lowest BCUT2D eigenvalue weighted by Crippen LogP contribution is -2.08. The first-order valence-corrected chi connectivity index (χ1v) is 7.73. The van der Waals surface area contributed by atoms with E-state index in [0.29, 0.717) is 17.1 Å². The average Bonchev–Trinajstić information content (AvgIpc) is 3.23. The molecule has 0 fully saturated rings. The van der Waals surface area contributed by atoms with Crippen LogP contribution in [0, 0.1) is 10.1 Å². The molecule has 8 heteroatoms. The normalized spacial score (nSPS) is 14.0. The van der Waals surface area contributed by atoms with E-state index in [1.807, 2.05) is 30.5 Å². The summed E-state index contributed by atoms with van der Waals surface area (Å²) < 4.78 is 18.0. The minimum atomic E-state index is -0.512. The molecule has 0 aliphatic carbocycles. The molecule has 0 saturated heterocycles. The lowest BCUT2D eigenvalue weighted by molar-refractivity contribution is -0.386. The number of hydrogen-bond acceptors (Lipinski definition) is 6. The molecule has 25 heavy (non-hydrogen) atoms. The van der Waals surface area contributed by atoms with Crippen molar-refractivity contribution in [3.8, 4) is 11.5 Å². The summed E-state index contributed by atoms with van der Waals surface area (Å²) in [5, 5.41) is 16.8. The second-order valence-corrected chi connectivity index (χ2v) is 5.69. The van der Waals surface area contributed by atoms with E-state index >= 15 is 0 Å². The number of nitrogens with zero attached hydrogens (tertiary/aromatic N) is 3. The molecule has 1 aliphatic rings. The van der Waals surface area contributed by atoms with Gasteiger partial charge in [0.15, 0.2) is 11.5 Å². The van der Waals surface area contributed by atoms with Crippen LogP contribution in [0.4, 0.5) is 5.69 Å². The maximum absolute atomic E-state index is 11.4. The Balaban J connectivity index is 1.56. The first-order chi connectivity index (χ1) is 12.1. The molecular weight excluding hydrogens is 326 g/mol. The Morgan fingerprint density at radius 1 is 1.32 bits per heavy atom. The summed E-state index contributed by atoms with van der Waals surface area (Å²) in [5.41, 5.74) is 1.25. The average molecular weight is 341 g/mol. The fraction of sp³-hybridized carbons (Fsp3) is 0.235. The van der Waals surface area contributed by atoms with Crippen LogP contribution >= 0.6 is 0 Å². The Morgan fingerprint density at radius 2 is 2.08 bits per heavy atom. The predicted molar refractivity (Wildman–Crippen MR) is 88.5 cm³/mol. The number of ether oxygens (including phenoxy) is 3. The van der Waals surface area contributed by atoms with Gasteiger partial charge in [0.2, 0.25) is 6.79 Å². The molecule has 1 unspecified atom stereocenters. The van der Waals surface area contributed by atoms with Gasteiger partial charge in [-0.2, -0.15) is 5.10 Å². The quantitative estimate of drug-likeness (QED) is 0.522. The Morgan fingerprint density at radius 3 is 2.84 bits per heavy atom. The third kappa shape index (κ3) is 2.87. The fourth-order valence-electron chi connectivity index (χ4n) is 2.79. The van der Waals surface area contributed by atoms with Crippen molar-refractivity contribution >= 4 is 16.6 Å². The molecule has 4 rings (SSSR count). The summed E-state index contributed by atoms with van der Waals surface area (Å²) in [6.07, 6.45) is 1.36. The van der Waals surface area contributed by atoms with Gasteiger partial charge in [0.1, 0.15) is 6.73 Å². The molecule has 0 radical (unpaired) electrons. The van der Waals surface area contributed by atoms with Crippen LogP contribution in [0.2, 0.25) is 0 Å². The van der Waals surface area contributed by atoms with Crippen molar-refractivity contribution in [1.82, 2.24) is 9.78 Å². The highest BCUT2D eigenvalue weighted by atomic mass is 16.7. The maximum Gasteiger partial charge on any atom is 0.279 e. The highest BCUT2D eigenvalue weighted by molar-refractivity contribution is 5.77. The number of benzene rings is 2. The number of rotatable bonds is 5. The molecule has 1 aromatic heterocycles. The van der Waals surface area contributed by atoms with Gasteiger partial charge >= 0.3 is 0 Å². The first-order valence-electron chi connectivity index (χ1n) is 7.73. The van der Waals surface area contributed by atoms with Gasteiger partial charge in [-0.1, -0.05) is 18.2 Å². The Labute approximate surface area is 142 Å². The minimum Gasteiger partial charge on any atom is -0.454 e. The van der Waals surface area contributed by atoms with Crippen LogP contribution in [0.1, 0.15) is 18.6 Å². The van der Waals surface area contributed by atoms with Gasteiger partial charge in [-0.05, 0) is 19.1 Å². The van der Waals surface area contributed by atoms with Crippen molar-refractivity contribution in [3.05, 3.63) is 58.3 Å². The topological polar surface area (TPSA) is 88.7 Å². The van der Waals surface area contributed by atoms with Gasteiger partial charge in [0.05, 0.1) is 28.2 Å². The fourth-order valence-corrected chi connectivity index (χ4v) is 2.79. The molecule has 3 aromatic rings. The monoisotopic (exact) mass is 341 g/mol. The van der Waals surface area contributed by atoms with Gasteiger partial charge in [0.25, 0.3) is 5.69 Å². The van der Waals surface area contributed by atoms with Crippen molar-refractivity contribution in [1.29, 1.82) is 0 Å². The van der Waals surface area contributed by atoms with Gasteiger partial charge in [0, 0.05) is 11.6 Å². The van der Waals surface area contributed by atoms with Crippen molar-refractivity contribution < 1.29 is 19.1 Å². The zero-order valence-electron chi connectivity index (χ0n) is 13.4. The molecule has 0 saturated carbocycles. The largest absolute Gasteiger partial charge is 0.454 e. The van der Waals surface area contributed by atoms with Gasteiger partial charge in [-0.3, -0.25) is 10.1 Å². The van der Waals surface area contributed by atoms with Crippen molar-refractivity contribution in [2.75, 3.05) is 6.79 Å². The lowest BCUT2D eigenvalue weighted by Gasteiger charge is -2.14. The molecule has 1 aliphatic heterocycles. The highest BCUT2D eigenvalue weighted by Gasteiger charge is 2.26. The molecule has 0 bridgehead atoms. The van der Waals surface area contributed by atoms with E-state index in [1.54, 1.807) is 17.7 Å². The van der Waals surface area contributed by atoms with E-state index in [1.165, 1.54) is 6.07 Å². The van der Waals surface area contributed by atoms with Crippen LogP contribution in [0.15, 0.2) is 42.6 Å². The standard InChI is InChI=1S/C17H15N3O5/c1-11(23-9-19-8-12-4-2-3-5-14(12)18-19)13-6-16-17(25-10-24-16)7-15(13)20(21)22/h2-8,11H,9-10H2,1H3. The molecule has 8 nitrogen and oxygen atoms in total. The van der Waals surface area contributed by atoms with Crippen molar-refractivity contribution in [2.24, 2.45) is 0 Å². The summed E-state index contributed by atoms with van der Waals surface area (Å²) in [5.74, 6) is 0.863. The number of nitro groups is 1. The SMILES string of the molecule is CC(OCn1cc2ccccc2n1)c1cc2c(cc1[N+](=O)[O-])OCO2. The van der Waals surface area contributed by atoms with E-state index < -0.39 is 11.0 Å². The lowest BCUT2D eigenvalue weighted by atomic mass is 10.1. The van der Waals surface area contributed by atoms with Crippen LogP contribution in [-0.2, 0) is 11.5 Å². The third-order valence-corrected chi connectivity index (χ3v) is 4.07. The van der Waals surface area contributed by atoms with Gasteiger partial charge < -0.3 is 14.2 Å². The Kier molecular flexibility index (Phi) is 3.73. The molecular formula is C17H15N3O5. The first kappa shape index (κ1) is 15.4. The maximum atomic E-state index is 11.4. The Bertz CT molecular complexity index is 920. The van der Waals surface area contributed by atoms with Crippen LogP contribution in [-0.4, -0.2) is 21.5 Å². The van der Waals surface area contributed by atoms with Crippen molar-refractivity contribution in [3.63, 3.8) is 0 Å². The highest BCUT2D eigenvalue weighted by Crippen LogP contribution is 2.40. The molecule has 2 aromatic carbocycles. The zero-order chi connectivity index (χ0) is 17.4. The number of fused-ring (bicyclic) bond motifs is 2. The third-order valence-electron chi connectivity index (χ3n) is 4.07. The predicted octanol–water partition coefficient (Wildman–Crippen LogP) is 3.41. The van der Waals surface area contributed by atoms with Gasteiger partial charge in [-0.25, -0.2) is 4.68 Å². The second kappa shape index (κ2) is 6.06. The number of aromatic nitrogens is 2. The minimum absolute atomic E-state index is 0.0534. The van der Waals surface area contributed by atoms with E-state index in [4.69, 9.17) is 14.2 Å². The smallest absolute Gasteiger partial charge is 0.279 e. The van der Waals surface area contributed by atoms with E-state index in [-0.39, 0.29) is 19.2 Å². The van der Waals surface area contributed by atoms with Crippen LogP contribution in [0.25, 0.3) is 10.9 Å².